The first-order valence-corrected chi connectivity index (χ1v) is 13.6. The molecule has 0 bridgehead atoms. The van der Waals surface area contributed by atoms with Gasteiger partial charge in [-0.15, -0.1) is 10.1 Å². The molecule has 226 valence electrons. The molecule has 1 saturated heterocycles. The van der Waals surface area contributed by atoms with Gasteiger partial charge in [-0.3, -0.25) is 19.6 Å². The Kier molecular flexibility index (Phi) is 14.2. The highest BCUT2D eigenvalue weighted by atomic mass is 35.5. The summed E-state index contributed by atoms with van der Waals surface area (Å²) >= 11 is 7.13. The first kappa shape index (κ1) is 33.6. The number of nitrogens with two attached hydrogens (primary N) is 1. The van der Waals surface area contributed by atoms with Crippen molar-refractivity contribution in [1.82, 2.24) is 9.80 Å². The number of piperazine rings is 1. The highest BCUT2D eigenvalue weighted by Crippen LogP contribution is 2.31. The van der Waals surface area contributed by atoms with Crippen molar-refractivity contribution in [2.24, 2.45) is 5.14 Å². The number of furan rings is 1. The van der Waals surface area contributed by atoms with Gasteiger partial charge >= 0.3 is 11.9 Å². The van der Waals surface area contributed by atoms with E-state index in [0.717, 1.165) is 11.9 Å². The van der Waals surface area contributed by atoms with Crippen LogP contribution >= 0.6 is 23.5 Å². The third kappa shape index (κ3) is 12.2. The van der Waals surface area contributed by atoms with Crippen LogP contribution in [0.2, 0.25) is 5.02 Å². The van der Waals surface area contributed by atoms with E-state index in [1.165, 1.54) is 13.0 Å². The maximum absolute atomic E-state index is 12.8. The molecule has 41 heavy (non-hydrogen) atoms. The molecule has 1 aliphatic rings. The second-order valence-electron chi connectivity index (χ2n) is 8.68. The van der Waals surface area contributed by atoms with Crippen LogP contribution in [0.3, 0.4) is 0 Å². The number of nitrogens with zero attached hydrogens (tertiary/aromatic N) is 3. The van der Waals surface area contributed by atoms with Crippen LogP contribution in [-0.4, -0.2) is 95.0 Å². The quantitative estimate of drug-likeness (QED) is 0.109. The van der Waals surface area contributed by atoms with Crippen molar-refractivity contribution in [3.8, 4) is 0 Å². The minimum Gasteiger partial charge on any atom is -0.481 e. The maximum Gasteiger partial charge on any atom is 0.340 e. The molecule has 1 aromatic carbocycles. The fraction of sp³-hybridized carbons (Fsp3) is 0.458. The topological polar surface area (TPSA) is 211 Å². The summed E-state index contributed by atoms with van der Waals surface area (Å²) in [5.74, 6) is -1.33. The van der Waals surface area contributed by atoms with Crippen molar-refractivity contribution in [3.63, 3.8) is 0 Å². The van der Waals surface area contributed by atoms with Crippen LogP contribution in [0.25, 0.3) is 0 Å². The largest absolute Gasteiger partial charge is 0.481 e. The summed E-state index contributed by atoms with van der Waals surface area (Å²) < 4.78 is 10.6. The number of ether oxygens (including phenoxy) is 1. The molecule has 1 unspecified atom stereocenters. The van der Waals surface area contributed by atoms with Crippen molar-refractivity contribution in [2.75, 3.05) is 51.3 Å². The van der Waals surface area contributed by atoms with Gasteiger partial charge in [0.15, 0.2) is 6.61 Å². The highest BCUT2D eigenvalue weighted by molar-refractivity contribution is 7.97. The molecular formula is C24H32ClN5O10S. The average Bonchev–Trinajstić information content (AvgIpc) is 3.44. The van der Waals surface area contributed by atoms with Gasteiger partial charge in [0.1, 0.15) is 12.4 Å². The molecule has 1 fully saturated rings. The molecule has 1 aliphatic heterocycles. The number of amides is 1. The van der Waals surface area contributed by atoms with Gasteiger partial charge in [-0.1, -0.05) is 11.6 Å². The van der Waals surface area contributed by atoms with E-state index in [0.29, 0.717) is 60.6 Å². The molecule has 5 N–H and O–H groups in total. The SMILES string of the molecule is CC(O)CC(=O)O.NSc1cc(C(=O)OCC(=O)N2CCN(CCO[N+](=O)[O-])CC2)c(NCc2ccco2)cc1Cl. The lowest BCUT2D eigenvalue weighted by atomic mass is 10.1. The molecule has 1 atom stereocenters. The zero-order chi connectivity index (χ0) is 30.4. The molecule has 1 amide bonds. The fourth-order valence-corrected chi connectivity index (χ4v) is 4.22. The summed E-state index contributed by atoms with van der Waals surface area (Å²) in [5.41, 5.74) is 0.606. The highest BCUT2D eigenvalue weighted by Gasteiger charge is 2.23. The zero-order valence-electron chi connectivity index (χ0n) is 22.2. The van der Waals surface area contributed by atoms with Gasteiger partial charge in [0, 0.05) is 37.6 Å². The summed E-state index contributed by atoms with van der Waals surface area (Å²) in [7, 11) is 0. The summed E-state index contributed by atoms with van der Waals surface area (Å²) in [6, 6.07) is 6.61. The number of carboxylic acids is 1. The van der Waals surface area contributed by atoms with E-state index in [2.05, 4.69) is 10.2 Å². The van der Waals surface area contributed by atoms with E-state index in [-0.39, 0.29) is 24.5 Å². The van der Waals surface area contributed by atoms with Crippen LogP contribution in [-0.2, 0) is 25.7 Å². The van der Waals surface area contributed by atoms with E-state index < -0.39 is 29.7 Å². The Labute approximate surface area is 244 Å². The van der Waals surface area contributed by atoms with Gasteiger partial charge in [0.2, 0.25) is 0 Å². The number of esters is 1. The van der Waals surface area contributed by atoms with Crippen molar-refractivity contribution < 1.29 is 43.7 Å². The Morgan fingerprint density at radius 1 is 1.29 bits per heavy atom. The maximum atomic E-state index is 12.8. The molecule has 1 aromatic heterocycles. The normalized spacial score (nSPS) is 13.9. The second kappa shape index (κ2) is 17.3. The lowest BCUT2D eigenvalue weighted by Gasteiger charge is -2.34. The van der Waals surface area contributed by atoms with Gasteiger partial charge in [-0.25, -0.2) is 4.79 Å². The Morgan fingerprint density at radius 3 is 2.54 bits per heavy atom. The van der Waals surface area contributed by atoms with E-state index in [1.54, 1.807) is 29.4 Å². The molecular weight excluding hydrogens is 586 g/mol. The number of carbonyl (C=O) groups is 3. The molecule has 17 heteroatoms. The number of aliphatic hydroxyl groups is 1. The van der Waals surface area contributed by atoms with Crippen LogP contribution in [0.5, 0.6) is 0 Å². The summed E-state index contributed by atoms with van der Waals surface area (Å²) in [6.45, 7) is 3.60. The number of rotatable bonds is 13. The summed E-state index contributed by atoms with van der Waals surface area (Å²) in [6.07, 6.45) is 0.650. The van der Waals surface area contributed by atoms with Crippen molar-refractivity contribution in [2.45, 2.75) is 30.9 Å². The number of carboxylic acid groups (broad SMARTS) is 1. The number of anilines is 1. The molecule has 2 aromatic rings. The van der Waals surface area contributed by atoms with Crippen LogP contribution in [0.15, 0.2) is 39.8 Å². The van der Waals surface area contributed by atoms with Gasteiger partial charge in [0.05, 0.1) is 41.6 Å². The van der Waals surface area contributed by atoms with Gasteiger partial charge in [-0.2, -0.15) is 0 Å². The van der Waals surface area contributed by atoms with Crippen LogP contribution < -0.4 is 10.5 Å². The van der Waals surface area contributed by atoms with E-state index in [1.807, 2.05) is 4.90 Å². The molecule has 3 rings (SSSR count). The standard InChI is InChI=1S/C20H24ClN5O7S.C4H8O3/c21-16-11-17(23-12-14-2-1-8-31-14)15(10-18(16)34-22)20(28)32-13-19(27)25-5-3-24(4-6-25)7-9-33-26(29)30;1-3(5)2-4(6)7/h1-2,8,10-11,23H,3-7,9,12-13,22H2;3,5H,2H2,1H3,(H,6,7). The molecule has 2 heterocycles. The van der Waals surface area contributed by atoms with Gasteiger partial charge in [0.25, 0.3) is 11.0 Å². The minimum atomic E-state index is -0.963. The minimum absolute atomic E-state index is 0.0288. The Balaban J connectivity index is 0.000000745. The van der Waals surface area contributed by atoms with Crippen molar-refractivity contribution in [3.05, 3.63) is 57.0 Å². The number of hydrogen-bond donors (Lipinski definition) is 4. The number of carbonyl (C=O) groups excluding carboxylic acids is 2. The lowest BCUT2D eigenvalue weighted by molar-refractivity contribution is -0.757. The first-order chi connectivity index (χ1) is 19.5. The molecule has 0 aliphatic carbocycles. The molecule has 0 spiro atoms. The predicted octanol–water partition coefficient (Wildman–Crippen LogP) is 1.86. The smallest absolute Gasteiger partial charge is 0.340 e. The average molecular weight is 618 g/mol. The molecule has 15 nitrogen and oxygen atoms in total. The summed E-state index contributed by atoms with van der Waals surface area (Å²) in [4.78, 5) is 53.5. The van der Waals surface area contributed by atoms with E-state index >= 15 is 0 Å². The van der Waals surface area contributed by atoms with Crippen molar-refractivity contribution in [1.29, 1.82) is 0 Å². The Morgan fingerprint density at radius 2 is 2.00 bits per heavy atom. The number of hydrogen-bond acceptors (Lipinski definition) is 13. The van der Waals surface area contributed by atoms with Crippen LogP contribution in [0, 0.1) is 10.1 Å². The molecule has 0 saturated carbocycles. The second-order valence-corrected chi connectivity index (χ2v) is 9.76. The Bertz CT molecular complexity index is 1160. The lowest BCUT2D eigenvalue weighted by Crippen LogP contribution is -2.50. The predicted molar refractivity (Wildman–Crippen MR) is 148 cm³/mol. The summed E-state index contributed by atoms with van der Waals surface area (Å²) in [5, 5.41) is 34.7. The van der Waals surface area contributed by atoms with Gasteiger partial charge in [-0.05, 0) is 43.1 Å². The van der Waals surface area contributed by atoms with E-state index in [9.17, 15) is 24.5 Å². The first-order valence-electron chi connectivity index (χ1n) is 12.3. The number of halogens is 1. The third-order valence-electron chi connectivity index (χ3n) is 5.58. The fourth-order valence-electron chi connectivity index (χ4n) is 3.57. The van der Waals surface area contributed by atoms with Crippen LogP contribution in [0.1, 0.15) is 29.5 Å². The van der Waals surface area contributed by atoms with E-state index in [4.69, 9.17) is 36.1 Å². The number of aliphatic hydroxyl groups excluding tert-OH is 1. The number of aliphatic carboxylic acids is 1. The van der Waals surface area contributed by atoms with Crippen molar-refractivity contribution >= 4 is 47.1 Å². The number of benzene rings is 1. The van der Waals surface area contributed by atoms with Gasteiger partial charge < -0.3 is 34.4 Å². The van der Waals surface area contributed by atoms with Crippen LogP contribution in [0.4, 0.5) is 5.69 Å². The number of nitrogens with one attached hydrogen (secondary N) is 1. The third-order valence-corrected chi connectivity index (χ3v) is 6.59. The molecule has 0 radical (unpaired) electrons. The Hall–Kier alpha value is -3.57. The monoisotopic (exact) mass is 617 g/mol. The zero-order valence-corrected chi connectivity index (χ0v) is 23.8.